The third-order valence-corrected chi connectivity index (χ3v) is 4.29. The van der Waals surface area contributed by atoms with E-state index in [9.17, 15) is 4.79 Å². The van der Waals surface area contributed by atoms with Crippen LogP contribution in [0.4, 0.5) is 17.2 Å². The maximum atomic E-state index is 12.2. The quantitative estimate of drug-likeness (QED) is 0.884. The molecule has 1 amide bonds. The molecule has 0 unspecified atom stereocenters. The van der Waals surface area contributed by atoms with E-state index in [-0.39, 0.29) is 11.8 Å². The zero-order valence-corrected chi connectivity index (χ0v) is 13.5. The van der Waals surface area contributed by atoms with E-state index in [1.165, 1.54) is 6.42 Å². The minimum Gasteiger partial charge on any atom is -0.354 e. The van der Waals surface area contributed by atoms with Crippen LogP contribution >= 0.6 is 0 Å². The Balaban J connectivity index is 1.58. The van der Waals surface area contributed by atoms with Gasteiger partial charge in [0.1, 0.15) is 5.82 Å². The summed E-state index contributed by atoms with van der Waals surface area (Å²) in [6, 6.07) is 13.0. The standard InChI is InChI=1S/C19H20N4O/c20-12-14-6-8-16(9-7-14)22-17-10-11-18(21-13-17)23-19(24)15-4-2-1-3-5-15/h6-11,13,15,22H,1-5H2,(H,21,23,24). The number of hydrogen-bond acceptors (Lipinski definition) is 4. The predicted octanol–water partition coefficient (Wildman–Crippen LogP) is 4.22. The molecule has 122 valence electrons. The van der Waals surface area contributed by atoms with Gasteiger partial charge in [-0.25, -0.2) is 4.98 Å². The van der Waals surface area contributed by atoms with E-state index in [4.69, 9.17) is 5.26 Å². The normalized spacial score (nSPS) is 14.6. The predicted molar refractivity (Wildman–Crippen MR) is 93.9 cm³/mol. The fraction of sp³-hybridized carbons (Fsp3) is 0.316. The van der Waals surface area contributed by atoms with Crippen LogP contribution in [0.5, 0.6) is 0 Å². The fourth-order valence-electron chi connectivity index (χ4n) is 2.93. The van der Waals surface area contributed by atoms with Crippen LogP contribution in [-0.4, -0.2) is 10.9 Å². The van der Waals surface area contributed by atoms with E-state index in [1.807, 2.05) is 18.2 Å². The average molecular weight is 320 g/mol. The highest BCUT2D eigenvalue weighted by Gasteiger charge is 2.21. The molecule has 0 spiro atoms. The van der Waals surface area contributed by atoms with Crippen LogP contribution in [0.25, 0.3) is 0 Å². The number of nitrogens with zero attached hydrogens (tertiary/aromatic N) is 2. The number of carbonyl (C=O) groups excluding carboxylic acids is 1. The van der Waals surface area contributed by atoms with Gasteiger partial charge in [0.25, 0.3) is 0 Å². The molecule has 0 radical (unpaired) electrons. The molecule has 0 bridgehead atoms. The fourth-order valence-corrected chi connectivity index (χ4v) is 2.93. The van der Waals surface area contributed by atoms with Crippen molar-refractivity contribution < 1.29 is 4.79 Å². The van der Waals surface area contributed by atoms with Gasteiger partial charge in [0.15, 0.2) is 0 Å². The number of nitrogens with one attached hydrogen (secondary N) is 2. The summed E-state index contributed by atoms with van der Waals surface area (Å²) in [6.07, 6.45) is 7.15. The van der Waals surface area contributed by atoms with Crippen molar-refractivity contribution in [1.82, 2.24) is 4.98 Å². The second-order valence-corrected chi connectivity index (χ2v) is 6.07. The minimum atomic E-state index is 0.0787. The third kappa shape index (κ3) is 4.11. The Hall–Kier alpha value is -2.87. The average Bonchev–Trinajstić information content (AvgIpc) is 2.65. The molecule has 0 aliphatic heterocycles. The Labute approximate surface area is 141 Å². The van der Waals surface area contributed by atoms with E-state index in [0.717, 1.165) is 37.1 Å². The van der Waals surface area contributed by atoms with Gasteiger partial charge in [-0.2, -0.15) is 5.26 Å². The molecule has 1 aliphatic rings. The van der Waals surface area contributed by atoms with Crippen LogP contribution in [-0.2, 0) is 4.79 Å². The van der Waals surface area contributed by atoms with Gasteiger partial charge in [0.2, 0.25) is 5.91 Å². The van der Waals surface area contributed by atoms with Crippen molar-refractivity contribution in [1.29, 1.82) is 5.26 Å². The van der Waals surface area contributed by atoms with Gasteiger partial charge >= 0.3 is 0 Å². The number of pyridine rings is 1. The summed E-state index contributed by atoms with van der Waals surface area (Å²) in [5.41, 5.74) is 2.34. The highest BCUT2D eigenvalue weighted by atomic mass is 16.1. The monoisotopic (exact) mass is 320 g/mol. The lowest BCUT2D eigenvalue weighted by atomic mass is 9.89. The highest BCUT2D eigenvalue weighted by molar-refractivity contribution is 5.91. The molecule has 3 rings (SSSR count). The summed E-state index contributed by atoms with van der Waals surface area (Å²) < 4.78 is 0. The number of carbonyl (C=O) groups is 1. The van der Waals surface area contributed by atoms with E-state index >= 15 is 0 Å². The summed E-state index contributed by atoms with van der Waals surface area (Å²) in [4.78, 5) is 16.5. The Morgan fingerprint density at radius 2 is 1.75 bits per heavy atom. The number of hydrogen-bond donors (Lipinski definition) is 2. The van der Waals surface area contributed by atoms with Gasteiger partial charge < -0.3 is 10.6 Å². The van der Waals surface area contributed by atoms with Crippen molar-refractivity contribution in [3.05, 3.63) is 48.2 Å². The van der Waals surface area contributed by atoms with Crippen molar-refractivity contribution in [2.45, 2.75) is 32.1 Å². The molecular weight excluding hydrogens is 300 g/mol. The number of anilines is 3. The first-order valence-electron chi connectivity index (χ1n) is 8.29. The van der Waals surface area contributed by atoms with E-state index in [0.29, 0.717) is 11.4 Å². The zero-order valence-electron chi connectivity index (χ0n) is 13.5. The maximum absolute atomic E-state index is 12.2. The number of nitriles is 1. The second-order valence-electron chi connectivity index (χ2n) is 6.07. The van der Waals surface area contributed by atoms with Crippen LogP contribution < -0.4 is 10.6 Å². The van der Waals surface area contributed by atoms with Crippen LogP contribution in [0, 0.1) is 17.2 Å². The number of benzene rings is 1. The Morgan fingerprint density at radius 3 is 2.38 bits per heavy atom. The van der Waals surface area contributed by atoms with Crippen LogP contribution in [0.3, 0.4) is 0 Å². The topological polar surface area (TPSA) is 77.8 Å². The summed E-state index contributed by atoms with van der Waals surface area (Å²) in [5, 5.41) is 14.9. The largest absolute Gasteiger partial charge is 0.354 e. The Bertz CT molecular complexity index is 725. The van der Waals surface area contributed by atoms with Crippen molar-refractivity contribution in [2.75, 3.05) is 10.6 Å². The number of rotatable bonds is 4. The molecule has 0 atom stereocenters. The molecule has 1 aliphatic carbocycles. The van der Waals surface area contributed by atoms with E-state index < -0.39 is 0 Å². The van der Waals surface area contributed by atoms with Gasteiger partial charge in [-0.1, -0.05) is 19.3 Å². The van der Waals surface area contributed by atoms with Gasteiger partial charge in [-0.3, -0.25) is 4.79 Å². The second kappa shape index (κ2) is 7.60. The van der Waals surface area contributed by atoms with Crippen molar-refractivity contribution >= 4 is 23.1 Å². The lowest BCUT2D eigenvalue weighted by Gasteiger charge is -2.20. The van der Waals surface area contributed by atoms with Gasteiger partial charge in [0, 0.05) is 11.6 Å². The molecule has 24 heavy (non-hydrogen) atoms. The SMILES string of the molecule is N#Cc1ccc(Nc2ccc(NC(=O)C3CCCCC3)nc2)cc1. The van der Waals surface area contributed by atoms with Crippen molar-refractivity contribution in [3.63, 3.8) is 0 Å². The Kier molecular flexibility index (Phi) is 5.07. The molecular formula is C19H20N4O. The summed E-state index contributed by atoms with van der Waals surface area (Å²) in [6.45, 7) is 0. The smallest absolute Gasteiger partial charge is 0.228 e. The molecule has 5 heteroatoms. The maximum Gasteiger partial charge on any atom is 0.228 e. The molecule has 1 aromatic carbocycles. The van der Waals surface area contributed by atoms with Gasteiger partial charge in [0.05, 0.1) is 23.5 Å². The molecule has 2 aromatic rings. The van der Waals surface area contributed by atoms with Crippen molar-refractivity contribution in [3.8, 4) is 6.07 Å². The molecule has 5 nitrogen and oxygen atoms in total. The van der Waals surface area contributed by atoms with Crippen LogP contribution in [0.15, 0.2) is 42.6 Å². The molecule has 1 saturated carbocycles. The van der Waals surface area contributed by atoms with Gasteiger partial charge in [-0.15, -0.1) is 0 Å². The lowest BCUT2D eigenvalue weighted by Crippen LogP contribution is -2.25. The zero-order chi connectivity index (χ0) is 16.8. The molecule has 1 fully saturated rings. The summed E-state index contributed by atoms with van der Waals surface area (Å²) in [5.74, 6) is 0.781. The highest BCUT2D eigenvalue weighted by Crippen LogP contribution is 2.25. The number of aromatic nitrogens is 1. The van der Waals surface area contributed by atoms with Crippen LogP contribution in [0.1, 0.15) is 37.7 Å². The molecule has 1 heterocycles. The first-order valence-corrected chi connectivity index (χ1v) is 8.29. The number of amides is 1. The summed E-state index contributed by atoms with van der Waals surface area (Å²) in [7, 11) is 0. The van der Waals surface area contributed by atoms with E-state index in [1.54, 1.807) is 24.4 Å². The third-order valence-electron chi connectivity index (χ3n) is 4.29. The molecule has 0 saturated heterocycles. The van der Waals surface area contributed by atoms with Crippen molar-refractivity contribution in [2.24, 2.45) is 5.92 Å². The molecule has 2 N–H and O–H groups in total. The molecule has 1 aromatic heterocycles. The van der Waals surface area contributed by atoms with Crippen LogP contribution in [0.2, 0.25) is 0 Å². The first-order chi connectivity index (χ1) is 11.7. The van der Waals surface area contributed by atoms with Gasteiger partial charge in [-0.05, 0) is 49.2 Å². The first kappa shape index (κ1) is 16.0. The minimum absolute atomic E-state index is 0.0787. The summed E-state index contributed by atoms with van der Waals surface area (Å²) >= 11 is 0. The Morgan fingerprint density at radius 1 is 1.04 bits per heavy atom. The lowest BCUT2D eigenvalue weighted by molar-refractivity contribution is -0.120. The van der Waals surface area contributed by atoms with E-state index in [2.05, 4.69) is 21.7 Å².